The predicted molar refractivity (Wildman–Crippen MR) is 128 cm³/mol. The molecule has 37 heavy (non-hydrogen) atoms. The quantitative estimate of drug-likeness (QED) is 0.281. The maximum absolute atomic E-state index is 14.0. The van der Waals surface area contributed by atoms with Crippen molar-refractivity contribution < 1.29 is 31.5 Å². The molecule has 0 radical (unpaired) electrons. The summed E-state index contributed by atoms with van der Waals surface area (Å²) in [5, 5.41) is 5.48. The van der Waals surface area contributed by atoms with Crippen molar-refractivity contribution in [2.75, 3.05) is 10.6 Å². The first-order valence-electron chi connectivity index (χ1n) is 11.0. The van der Waals surface area contributed by atoms with Crippen LogP contribution < -0.4 is 10.6 Å². The number of benzene rings is 2. The number of hydrogen-bond acceptors (Lipinski definition) is 5. The van der Waals surface area contributed by atoms with Crippen LogP contribution in [-0.2, 0) is 10.9 Å². The zero-order valence-corrected chi connectivity index (χ0v) is 20.2. The van der Waals surface area contributed by atoms with Gasteiger partial charge in [0.1, 0.15) is 23.1 Å². The van der Waals surface area contributed by atoms with Crippen LogP contribution in [0.3, 0.4) is 0 Å². The number of aromatic nitrogens is 3. The van der Waals surface area contributed by atoms with Gasteiger partial charge >= 0.3 is 12.3 Å². The van der Waals surface area contributed by atoms with Crippen LogP contribution in [0.4, 0.5) is 43.9 Å². The van der Waals surface area contributed by atoms with Gasteiger partial charge in [-0.25, -0.2) is 23.5 Å². The summed E-state index contributed by atoms with van der Waals surface area (Å²) in [6.07, 6.45) is -5.25. The summed E-state index contributed by atoms with van der Waals surface area (Å²) in [5.41, 5.74) is -0.680. The van der Waals surface area contributed by atoms with Gasteiger partial charge < -0.3 is 10.1 Å². The lowest BCUT2D eigenvalue weighted by molar-refractivity contribution is -0.137. The number of pyridine rings is 1. The Kier molecular flexibility index (Phi) is 6.53. The highest BCUT2D eigenvalue weighted by molar-refractivity contribution is 5.86. The molecule has 0 saturated carbocycles. The number of aryl methyl sites for hydroxylation is 1. The molecule has 194 valence electrons. The molecule has 0 fully saturated rings. The van der Waals surface area contributed by atoms with E-state index in [-0.39, 0.29) is 28.4 Å². The summed E-state index contributed by atoms with van der Waals surface area (Å²) in [6.45, 7) is 6.68. The topological polar surface area (TPSA) is 81.1 Å². The summed E-state index contributed by atoms with van der Waals surface area (Å²) in [6, 6.07) is 9.13. The Hall–Kier alpha value is -4.22. The van der Waals surface area contributed by atoms with Crippen LogP contribution in [0.5, 0.6) is 0 Å². The van der Waals surface area contributed by atoms with Gasteiger partial charge in [-0.05, 0) is 52.0 Å². The Morgan fingerprint density at radius 3 is 2.19 bits per heavy atom. The second-order valence-electron chi connectivity index (χ2n) is 9.18. The third-order valence-electron chi connectivity index (χ3n) is 5.04. The molecule has 1 amide bonds. The van der Waals surface area contributed by atoms with Crippen LogP contribution in [-0.4, -0.2) is 26.2 Å². The minimum atomic E-state index is -4.49. The second-order valence-corrected chi connectivity index (χ2v) is 9.18. The van der Waals surface area contributed by atoms with E-state index < -0.39 is 35.1 Å². The number of fused-ring (bicyclic) bond motifs is 1. The number of alkyl halides is 3. The molecule has 2 aromatic heterocycles. The molecular formula is C25H22F5N5O2. The molecule has 4 aromatic rings. The lowest BCUT2D eigenvalue weighted by atomic mass is 10.2. The molecule has 0 aliphatic rings. The van der Waals surface area contributed by atoms with E-state index in [2.05, 4.69) is 20.6 Å². The fourth-order valence-electron chi connectivity index (χ4n) is 3.56. The third kappa shape index (κ3) is 5.96. The molecule has 0 aliphatic heterocycles. The van der Waals surface area contributed by atoms with E-state index in [0.717, 1.165) is 24.3 Å². The van der Waals surface area contributed by atoms with Crippen LogP contribution in [0.2, 0.25) is 0 Å². The molecule has 0 unspecified atom stereocenters. The molecule has 2 N–H and O–H groups in total. The lowest BCUT2D eigenvalue weighted by Crippen LogP contribution is -2.27. The molecule has 7 nitrogen and oxygen atoms in total. The van der Waals surface area contributed by atoms with E-state index in [9.17, 15) is 26.7 Å². The van der Waals surface area contributed by atoms with Crippen molar-refractivity contribution in [3.05, 3.63) is 71.6 Å². The van der Waals surface area contributed by atoms with Gasteiger partial charge in [0, 0.05) is 30.0 Å². The largest absolute Gasteiger partial charge is 0.444 e. The monoisotopic (exact) mass is 519 g/mol. The van der Waals surface area contributed by atoms with Crippen molar-refractivity contribution in [2.45, 2.75) is 39.5 Å². The van der Waals surface area contributed by atoms with Gasteiger partial charge in [-0.3, -0.25) is 9.88 Å². The summed E-state index contributed by atoms with van der Waals surface area (Å²) in [7, 11) is 0. The zero-order chi connectivity index (χ0) is 27.1. The first-order chi connectivity index (χ1) is 17.2. The van der Waals surface area contributed by atoms with Crippen molar-refractivity contribution in [1.29, 1.82) is 0 Å². The molecule has 2 heterocycles. The smallest absolute Gasteiger partial charge is 0.416 e. The minimum absolute atomic E-state index is 0.146. The van der Waals surface area contributed by atoms with Gasteiger partial charge in [0.05, 0.1) is 22.3 Å². The van der Waals surface area contributed by atoms with Crippen molar-refractivity contribution in [3.8, 4) is 5.82 Å². The Labute approximate surface area is 208 Å². The Bertz CT molecular complexity index is 1470. The van der Waals surface area contributed by atoms with Crippen molar-refractivity contribution >= 4 is 34.3 Å². The Balaban J connectivity index is 1.78. The van der Waals surface area contributed by atoms with Crippen molar-refractivity contribution in [3.63, 3.8) is 0 Å². The standard InChI is InChI=1S/C25H22F5N5O2/c1-13-31-19-11-17(26)18(27)12-20(19)35(13)22-10-16(33-23(36)37-24(2,3)4)9-21(34-22)32-15-7-5-14(6-8-15)25(28,29)30/h5-12H,1-4H3,(H2,32,33,34,36). The SMILES string of the molecule is Cc1nc2cc(F)c(F)cc2n1-c1cc(NC(=O)OC(C)(C)C)cc(Nc2ccc(C(F)(F)F)cc2)n1. The molecule has 0 atom stereocenters. The first-order valence-corrected chi connectivity index (χ1v) is 11.0. The number of rotatable bonds is 4. The molecule has 12 heteroatoms. The van der Waals surface area contributed by atoms with E-state index in [4.69, 9.17) is 4.74 Å². The highest BCUT2D eigenvalue weighted by Gasteiger charge is 2.30. The lowest BCUT2D eigenvalue weighted by Gasteiger charge is -2.20. The van der Waals surface area contributed by atoms with Crippen molar-refractivity contribution in [2.24, 2.45) is 0 Å². The van der Waals surface area contributed by atoms with Gasteiger partial charge in [0.25, 0.3) is 0 Å². The van der Waals surface area contributed by atoms with Crippen molar-refractivity contribution in [1.82, 2.24) is 14.5 Å². The number of hydrogen-bond donors (Lipinski definition) is 2. The molecule has 0 saturated heterocycles. The first kappa shape index (κ1) is 25.9. The normalized spacial score (nSPS) is 12.0. The summed E-state index contributed by atoms with van der Waals surface area (Å²) in [4.78, 5) is 21.1. The van der Waals surface area contributed by atoms with Crippen LogP contribution in [0.1, 0.15) is 32.2 Å². The maximum Gasteiger partial charge on any atom is 0.416 e. The zero-order valence-electron chi connectivity index (χ0n) is 20.2. The number of anilines is 3. The number of carbonyl (C=O) groups is 1. The molecule has 2 aromatic carbocycles. The number of carbonyl (C=O) groups excluding carboxylic acids is 1. The molecule has 0 aliphatic carbocycles. The van der Waals surface area contributed by atoms with Crippen LogP contribution in [0, 0.1) is 18.6 Å². The number of nitrogens with zero attached hydrogens (tertiary/aromatic N) is 3. The number of ether oxygens (including phenoxy) is 1. The Morgan fingerprint density at radius 2 is 1.57 bits per heavy atom. The molecular weight excluding hydrogens is 497 g/mol. The summed E-state index contributed by atoms with van der Waals surface area (Å²) >= 11 is 0. The highest BCUT2D eigenvalue weighted by atomic mass is 19.4. The average Bonchev–Trinajstić information content (AvgIpc) is 3.06. The minimum Gasteiger partial charge on any atom is -0.444 e. The number of amides is 1. The molecule has 4 rings (SSSR count). The summed E-state index contributed by atoms with van der Waals surface area (Å²) < 4.78 is 73.3. The van der Waals surface area contributed by atoms with E-state index in [1.54, 1.807) is 27.7 Å². The Morgan fingerprint density at radius 1 is 0.919 bits per heavy atom. The van der Waals surface area contributed by atoms with Crippen LogP contribution in [0.25, 0.3) is 16.9 Å². The molecule has 0 bridgehead atoms. The number of imidazole rings is 1. The fourth-order valence-corrected chi connectivity index (χ4v) is 3.56. The van der Waals surface area contributed by atoms with Crippen LogP contribution in [0.15, 0.2) is 48.5 Å². The summed E-state index contributed by atoms with van der Waals surface area (Å²) in [5.74, 6) is -1.47. The fraction of sp³-hybridized carbons (Fsp3) is 0.240. The predicted octanol–water partition coefficient (Wildman–Crippen LogP) is 7.12. The molecule has 0 spiro atoms. The van der Waals surface area contributed by atoms with E-state index in [1.165, 1.54) is 28.8 Å². The van der Waals surface area contributed by atoms with E-state index in [0.29, 0.717) is 11.5 Å². The number of halogens is 5. The van der Waals surface area contributed by atoms with Gasteiger partial charge in [-0.15, -0.1) is 0 Å². The van der Waals surface area contributed by atoms with Gasteiger partial charge in [-0.2, -0.15) is 13.2 Å². The van der Waals surface area contributed by atoms with E-state index in [1.807, 2.05) is 0 Å². The van der Waals surface area contributed by atoms with Gasteiger partial charge in [0.2, 0.25) is 0 Å². The highest BCUT2D eigenvalue weighted by Crippen LogP contribution is 2.31. The third-order valence-corrected chi connectivity index (χ3v) is 5.04. The second kappa shape index (κ2) is 9.34. The van der Waals surface area contributed by atoms with Gasteiger partial charge in [0.15, 0.2) is 11.6 Å². The maximum atomic E-state index is 14.0. The van der Waals surface area contributed by atoms with E-state index >= 15 is 0 Å². The number of nitrogens with one attached hydrogen (secondary N) is 2. The van der Waals surface area contributed by atoms with Crippen LogP contribution >= 0.6 is 0 Å². The average molecular weight is 519 g/mol. The van der Waals surface area contributed by atoms with Gasteiger partial charge in [-0.1, -0.05) is 0 Å².